The van der Waals surface area contributed by atoms with Gasteiger partial charge >= 0.3 is 0 Å². The SMILES string of the molecule is C[C@H](CO)N[C@@H]1CCCSC1. The highest BCUT2D eigenvalue weighted by Crippen LogP contribution is 2.16. The lowest BCUT2D eigenvalue weighted by Gasteiger charge is -2.25. The number of aliphatic hydroxyl groups excluding tert-OH is 1. The van der Waals surface area contributed by atoms with Crippen molar-refractivity contribution in [3.63, 3.8) is 0 Å². The summed E-state index contributed by atoms with van der Waals surface area (Å²) in [7, 11) is 0. The van der Waals surface area contributed by atoms with Crippen molar-refractivity contribution < 1.29 is 5.11 Å². The number of aliphatic hydroxyl groups is 1. The van der Waals surface area contributed by atoms with Crippen molar-refractivity contribution in [2.24, 2.45) is 0 Å². The minimum Gasteiger partial charge on any atom is -0.395 e. The van der Waals surface area contributed by atoms with Gasteiger partial charge in [-0.15, -0.1) is 0 Å². The van der Waals surface area contributed by atoms with Crippen molar-refractivity contribution in [3.8, 4) is 0 Å². The van der Waals surface area contributed by atoms with Gasteiger partial charge in [-0.2, -0.15) is 11.8 Å². The van der Waals surface area contributed by atoms with Crippen LogP contribution in [0.25, 0.3) is 0 Å². The molecule has 2 atom stereocenters. The summed E-state index contributed by atoms with van der Waals surface area (Å²) in [6.07, 6.45) is 2.60. The molecule has 0 aromatic heterocycles. The first-order valence-electron chi connectivity index (χ1n) is 4.27. The van der Waals surface area contributed by atoms with E-state index in [-0.39, 0.29) is 12.6 Å². The van der Waals surface area contributed by atoms with Crippen LogP contribution >= 0.6 is 11.8 Å². The summed E-state index contributed by atoms with van der Waals surface area (Å²) >= 11 is 2.01. The predicted molar refractivity (Wildman–Crippen MR) is 50.0 cm³/mol. The minimum absolute atomic E-state index is 0.251. The molecule has 2 N–H and O–H groups in total. The summed E-state index contributed by atoms with van der Waals surface area (Å²) < 4.78 is 0. The van der Waals surface area contributed by atoms with Gasteiger partial charge in [0, 0.05) is 17.8 Å². The predicted octanol–water partition coefficient (Wildman–Crippen LogP) is 0.852. The zero-order valence-electron chi connectivity index (χ0n) is 7.05. The molecule has 0 saturated carbocycles. The molecular weight excluding hydrogens is 158 g/mol. The molecule has 0 aromatic rings. The fourth-order valence-electron chi connectivity index (χ4n) is 1.33. The molecule has 0 aromatic carbocycles. The third kappa shape index (κ3) is 3.45. The second-order valence-corrected chi connectivity index (χ2v) is 4.31. The fraction of sp³-hybridized carbons (Fsp3) is 1.00. The van der Waals surface area contributed by atoms with Crippen LogP contribution in [0.2, 0.25) is 0 Å². The molecule has 1 aliphatic rings. The Morgan fingerprint density at radius 3 is 3.09 bits per heavy atom. The molecule has 1 heterocycles. The lowest BCUT2D eigenvalue weighted by molar-refractivity contribution is 0.241. The normalized spacial score (nSPS) is 28.4. The molecule has 11 heavy (non-hydrogen) atoms. The molecule has 1 saturated heterocycles. The van der Waals surface area contributed by atoms with Gasteiger partial charge in [0.05, 0.1) is 6.61 Å². The van der Waals surface area contributed by atoms with Gasteiger partial charge in [0.25, 0.3) is 0 Å². The smallest absolute Gasteiger partial charge is 0.0582 e. The number of hydrogen-bond donors (Lipinski definition) is 2. The third-order valence-corrected chi connectivity index (χ3v) is 3.17. The Hall–Kier alpha value is 0.270. The Kier molecular flexibility index (Phi) is 4.26. The zero-order valence-corrected chi connectivity index (χ0v) is 7.86. The van der Waals surface area contributed by atoms with Crippen LogP contribution in [-0.2, 0) is 0 Å². The maximum Gasteiger partial charge on any atom is 0.0582 e. The van der Waals surface area contributed by atoms with E-state index < -0.39 is 0 Å². The van der Waals surface area contributed by atoms with E-state index in [9.17, 15) is 0 Å². The average molecular weight is 175 g/mol. The molecule has 0 spiro atoms. The quantitative estimate of drug-likeness (QED) is 0.667. The highest BCUT2D eigenvalue weighted by molar-refractivity contribution is 7.99. The van der Waals surface area contributed by atoms with Gasteiger partial charge < -0.3 is 10.4 Å². The molecule has 0 radical (unpaired) electrons. The Balaban J connectivity index is 2.13. The number of thioether (sulfide) groups is 1. The van der Waals surface area contributed by atoms with Crippen molar-refractivity contribution in [1.82, 2.24) is 5.32 Å². The van der Waals surface area contributed by atoms with E-state index >= 15 is 0 Å². The zero-order chi connectivity index (χ0) is 8.10. The van der Waals surface area contributed by atoms with Gasteiger partial charge in [0.15, 0.2) is 0 Å². The first-order chi connectivity index (χ1) is 5.33. The van der Waals surface area contributed by atoms with E-state index in [1.165, 1.54) is 24.3 Å². The van der Waals surface area contributed by atoms with Crippen molar-refractivity contribution in [2.45, 2.75) is 31.8 Å². The summed E-state index contributed by atoms with van der Waals surface area (Å²) in [5, 5.41) is 12.2. The maximum absolute atomic E-state index is 8.80. The largest absolute Gasteiger partial charge is 0.395 e. The van der Waals surface area contributed by atoms with Crippen molar-refractivity contribution in [1.29, 1.82) is 0 Å². The van der Waals surface area contributed by atoms with E-state index in [0.29, 0.717) is 6.04 Å². The molecule has 1 aliphatic heterocycles. The van der Waals surface area contributed by atoms with Gasteiger partial charge in [0.1, 0.15) is 0 Å². The molecule has 3 heteroatoms. The highest BCUT2D eigenvalue weighted by atomic mass is 32.2. The van der Waals surface area contributed by atoms with E-state index in [1.54, 1.807) is 0 Å². The molecule has 1 rings (SSSR count). The van der Waals surface area contributed by atoms with Gasteiger partial charge in [-0.05, 0) is 25.5 Å². The topological polar surface area (TPSA) is 32.3 Å². The molecular formula is C8H17NOS. The van der Waals surface area contributed by atoms with Gasteiger partial charge in [-0.25, -0.2) is 0 Å². The van der Waals surface area contributed by atoms with Crippen LogP contribution in [0.3, 0.4) is 0 Å². The Labute approximate surface area is 72.8 Å². The van der Waals surface area contributed by atoms with E-state index in [0.717, 1.165) is 0 Å². The average Bonchev–Trinajstić information content (AvgIpc) is 2.06. The van der Waals surface area contributed by atoms with Crippen LogP contribution < -0.4 is 5.32 Å². The molecule has 0 amide bonds. The minimum atomic E-state index is 0.251. The summed E-state index contributed by atoms with van der Waals surface area (Å²) in [4.78, 5) is 0. The third-order valence-electron chi connectivity index (χ3n) is 1.95. The van der Waals surface area contributed by atoms with Crippen LogP contribution in [0.1, 0.15) is 19.8 Å². The monoisotopic (exact) mass is 175 g/mol. The van der Waals surface area contributed by atoms with Crippen molar-refractivity contribution >= 4 is 11.8 Å². The van der Waals surface area contributed by atoms with E-state index in [2.05, 4.69) is 5.32 Å². The van der Waals surface area contributed by atoms with Crippen LogP contribution in [0.15, 0.2) is 0 Å². The van der Waals surface area contributed by atoms with E-state index in [1.807, 2.05) is 18.7 Å². The molecule has 0 aliphatic carbocycles. The summed E-state index contributed by atoms with van der Waals surface area (Å²) in [6, 6.07) is 0.898. The number of nitrogens with one attached hydrogen (secondary N) is 1. The second-order valence-electron chi connectivity index (χ2n) is 3.16. The summed E-state index contributed by atoms with van der Waals surface area (Å²) in [5.41, 5.74) is 0. The second kappa shape index (κ2) is 5.01. The van der Waals surface area contributed by atoms with Crippen LogP contribution in [0.4, 0.5) is 0 Å². The standard InChI is InChI=1S/C8H17NOS/c1-7(5-10)9-8-3-2-4-11-6-8/h7-10H,2-6H2,1H3/t7-,8-/m1/s1. The molecule has 0 unspecified atom stereocenters. The van der Waals surface area contributed by atoms with E-state index in [4.69, 9.17) is 5.11 Å². The molecule has 0 bridgehead atoms. The first-order valence-corrected chi connectivity index (χ1v) is 5.43. The first kappa shape index (κ1) is 9.36. The molecule has 1 fully saturated rings. The number of hydrogen-bond acceptors (Lipinski definition) is 3. The fourth-order valence-corrected chi connectivity index (χ4v) is 2.41. The molecule has 66 valence electrons. The molecule has 2 nitrogen and oxygen atoms in total. The highest BCUT2D eigenvalue weighted by Gasteiger charge is 2.14. The van der Waals surface area contributed by atoms with Gasteiger partial charge in [-0.1, -0.05) is 0 Å². The lowest BCUT2D eigenvalue weighted by atomic mass is 10.1. The van der Waals surface area contributed by atoms with Crippen molar-refractivity contribution in [3.05, 3.63) is 0 Å². The van der Waals surface area contributed by atoms with Crippen molar-refractivity contribution in [2.75, 3.05) is 18.1 Å². The Bertz CT molecular complexity index is 104. The lowest BCUT2D eigenvalue weighted by Crippen LogP contribution is -2.41. The Morgan fingerprint density at radius 2 is 2.55 bits per heavy atom. The van der Waals surface area contributed by atoms with Gasteiger partial charge in [-0.3, -0.25) is 0 Å². The van der Waals surface area contributed by atoms with Crippen LogP contribution in [0, 0.1) is 0 Å². The van der Waals surface area contributed by atoms with Gasteiger partial charge in [0.2, 0.25) is 0 Å². The number of rotatable bonds is 3. The maximum atomic E-state index is 8.80. The Morgan fingerprint density at radius 1 is 1.73 bits per heavy atom. The summed E-state index contributed by atoms with van der Waals surface area (Å²) in [6.45, 7) is 2.28. The van der Waals surface area contributed by atoms with Crippen LogP contribution in [-0.4, -0.2) is 35.3 Å². The summed E-state index contributed by atoms with van der Waals surface area (Å²) in [5.74, 6) is 2.52. The van der Waals surface area contributed by atoms with Crippen LogP contribution in [0.5, 0.6) is 0 Å².